The number of nitrogens with zero attached hydrogens (tertiary/aromatic N) is 2. The molecule has 1 fully saturated rings. The fraction of sp³-hybridized carbons (Fsp3) is 0.385. The number of hydrogen-bond donors (Lipinski definition) is 1. The Labute approximate surface area is 100 Å². The molecule has 0 bridgehead atoms. The largest absolute Gasteiger partial charge is 0.419 e. The van der Waals surface area contributed by atoms with Crippen LogP contribution in [0.2, 0.25) is 0 Å². The molecule has 17 heavy (non-hydrogen) atoms. The fourth-order valence-corrected chi connectivity index (χ4v) is 1.68. The van der Waals surface area contributed by atoms with E-state index in [4.69, 9.17) is 4.42 Å². The molecule has 1 aliphatic rings. The summed E-state index contributed by atoms with van der Waals surface area (Å²) in [7, 11) is 0. The summed E-state index contributed by atoms with van der Waals surface area (Å²) in [4.78, 5) is 0. The van der Waals surface area contributed by atoms with Crippen LogP contribution in [0.4, 0.5) is 0 Å². The normalized spacial score (nSPS) is 17.0. The van der Waals surface area contributed by atoms with Crippen LogP contribution >= 0.6 is 0 Å². The smallest absolute Gasteiger partial charge is 0.247 e. The molecule has 0 amide bonds. The lowest BCUT2D eigenvalue weighted by Crippen LogP contribution is -2.27. The summed E-state index contributed by atoms with van der Waals surface area (Å²) >= 11 is 0. The van der Waals surface area contributed by atoms with E-state index < -0.39 is 0 Å². The van der Waals surface area contributed by atoms with Crippen LogP contribution in [0.3, 0.4) is 0 Å². The summed E-state index contributed by atoms with van der Waals surface area (Å²) < 4.78 is 5.61. The molecule has 1 aliphatic carbocycles. The summed E-state index contributed by atoms with van der Waals surface area (Å²) in [6.07, 6.45) is 2.46. The lowest BCUT2D eigenvalue weighted by molar-refractivity contribution is 0.442. The molecule has 1 aromatic heterocycles. The maximum Gasteiger partial charge on any atom is 0.247 e. The summed E-state index contributed by atoms with van der Waals surface area (Å²) in [5.41, 5.74) is 1.25. The van der Waals surface area contributed by atoms with Crippen molar-refractivity contribution in [1.82, 2.24) is 15.5 Å². The van der Waals surface area contributed by atoms with E-state index in [9.17, 15) is 0 Å². The molecule has 1 saturated carbocycles. The molecule has 0 atom stereocenters. The second-order valence-corrected chi connectivity index (χ2v) is 4.78. The maximum atomic E-state index is 5.61. The average Bonchev–Trinajstić information content (AvgIpc) is 2.93. The number of benzene rings is 1. The van der Waals surface area contributed by atoms with Crippen molar-refractivity contribution in [3.63, 3.8) is 0 Å². The van der Waals surface area contributed by atoms with E-state index in [0.717, 1.165) is 5.56 Å². The van der Waals surface area contributed by atoms with Gasteiger partial charge in [-0.05, 0) is 31.9 Å². The highest BCUT2D eigenvalue weighted by Gasteiger charge is 2.36. The summed E-state index contributed by atoms with van der Waals surface area (Å²) in [5.74, 6) is 1.24. The second-order valence-electron chi connectivity index (χ2n) is 4.78. The van der Waals surface area contributed by atoms with Gasteiger partial charge < -0.3 is 9.73 Å². The van der Waals surface area contributed by atoms with E-state index in [1.165, 1.54) is 12.8 Å². The van der Waals surface area contributed by atoms with Crippen molar-refractivity contribution < 1.29 is 4.42 Å². The highest BCUT2D eigenvalue weighted by Crippen LogP contribution is 2.34. The molecular formula is C13H15N3O. The van der Waals surface area contributed by atoms with Crippen molar-refractivity contribution in [1.29, 1.82) is 0 Å². The highest BCUT2D eigenvalue weighted by molar-refractivity contribution is 5.51. The van der Waals surface area contributed by atoms with Gasteiger partial charge in [-0.25, -0.2) is 0 Å². The van der Waals surface area contributed by atoms with Crippen LogP contribution in [0.25, 0.3) is 11.5 Å². The van der Waals surface area contributed by atoms with Crippen molar-refractivity contribution in [2.24, 2.45) is 0 Å². The Morgan fingerprint density at radius 1 is 1.24 bits per heavy atom. The molecule has 0 saturated heterocycles. The van der Waals surface area contributed by atoms with E-state index in [1.807, 2.05) is 30.3 Å². The van der Waals surface area contributed by atoms with Crippen molar-refractivity contribution in [2.45, 2.75) is 31.8 Å². The molecule has 1 aromatic carbocycles. The third-order valence-electron chi connectivity index (χ3n) is 3.15. The van der Waals surface area contributed by atoms with Crippen molar-refractivity contribution >= 4 is 0 Å². The van der Waals surface area contributed by atoms with E-state index in [1.54, 1.807) is 0 Å². The Balaban J connectivity index is 1.70. The molecular weight excluding hydrogens is 214 g/mol. The van der Waals surface area contributed by atoms with Gasteiger partial charge in [0.25, 0.3) is 0 Å². The molecule has 0 radical (unpaired) electrons. The Kier molecular flexibility index (Phi) is 2.44. The molecule has 1 N–H and O–H groups in total. The minimum atomic E-state index is 0.293. The third kappa shape index (κ3) is 2.36. The van der Waals surface area contributed by atoms with Gasteiger partial charge in [0.2, 0.25) is 11.8 Å². The second kappa shape index (κ2) is 3.96. The molecule has 1 heterocycles. The zero-order valence-corrected chi connectivity index (χ0v) is 9.81. The van der Waals surface area contributed by atoms with Crippen LogP contribution in [0.15, 0.2) is 34.7 Å². The monoisotopic (exact) mass is 229 g/mol. The Bertz CT molecular complexity index is 502. The minimum Gasteiger partial charge on any atom is -0.419 e. The first kappa shape index (κ1) is 10.5. The average molecular weight is 229 g/mol. The summed E-state index contributed by atoms with van der Waals surface area (Å²) in [6, 6.07) is 9.82. The highest BCUT2D eigenvalue weighted by atomic mass is 16.4. The topological polar surface area (TPSA) is 51.0 Å². The lowest BCUT2D eigenvalue weighted by atomic mass is 10.2. The predicted octanol–water partition coefficient (Wildman–Crippen LogP) is 2.38. The van der Waals surface area contributed by atoms with Gasteiger partial charge in [-0.15, -0.1) is 10.2 Å². The molecule has 0 unspecified atom stereocenters. The molecule has 3 rings (SSSR count). The first-order chi connectivity index (χ1) is 8.25. The molecule has 4 nitrogen and oxygen atoms in total. The fourth-order valence-electron chi connectivity index (χ4n) is 1.68. The van der Waals surface area contributed by atoms with Crippen LogP contribution in [-0.2, 0) is 6.54 Å². The van der Waals surface area contributed by atoms with Crippen LogP contribution in [0.1, 0.15) is 25.7 Å². The van der Waals surface area contributed by atoms with Gasteiger partial charge in [0.1, 0.15) is 0 Å². The van der Waals surface area contributed by atoms with Crippen molar-refractivity contribution in [3.05, 3.63) is 36.2 Å². The first-order valence-electron chi connectivity index (χ1n) is 5.88. The summed E-state index contributed by atoms with van der Waals surface area (Å²) in [6.45, 7) is 2.86. The molecule has 0 spiro atoms. The predicted molar refractivity (Wildman–Crippen MR) is 64.2 cm³/mol. The van der Waals surface area contributed by atoms with E-state index in [0.29, 0.717) is 23.9 Å². The van der Waals surface area contributed by atoms with Gasteiger partial charge >= 0.3 is 0 Å². The van der Waals surface area contributed by atoms with Gasteiger partial charge in [0.15, 0.2) is 0 Å². The number of rotatable bonds is 4. The Hall–Kier alpha value is -1.68. The van der Waals surface area contributed by atoms with Gasteiger partial charge in [-0.3, -0.25) is 0 Å². The summed E-state index contributed by atoms with van der Waals surface area (Å²) in [5, 5.41) is 11.5. The van der Waals surface area contributed by atoms with Crippen molar-refractivity contribution in [3.8, 4) is 11.5 Å². The standard InChI is InChI=1S/C13H15N3O/c1-13(7-8-13)14-9-11-15-16-12(17-11)10-5-3-2-4-6-10/h2-6,14H,7-9H2,1H3. The molecule has 88 valence electrons. The van der Waals surface area contributed by atoms with E-state index in [2.05, 4.69) is 22.4 Å². The van der Waals surface area contributed by atoms with Crippen LogP contribution < -0.4 is 5.32 Å². The Morgan fingerprint density at radius 3 is 2.71 bits per heavy atom. The quantitative estimate of drug-likeness (QED) is 0.874. The van der Waals surface area contributed by atoms with Crippen LogP contribution in [0, 0.1) is 0 Å². The van der Waals surface area contributed by atoms with Crippen LogP contribution in [0.5, 0.6) is 0 Å². The maximum absolute atomic E-state index is 5.61. The lowest BCUT2D eigenvalue weighted by Gasteiger charge is -2.07. The number of aromatic nitrogens is 2. The number of nitrogens with one attached hydrogen (secondary N) is 1. The zero-order valence-electron chi connectivity index (χ0n) is 9.81. The SMILES string of the molecule is CC1(NCc2nnc(-c3ccccc3)o2)CC1. The van der Waals surface area contributed by atoms with Crippen molar-refractivity contribution in [2.75, 3.05) is 0 Å². The van der Waals surface area contributed by atoms with E-state index >= 15 is 0 Å². The third-order valence-corrected chi connectivity index (χ3v) is 3.15. The van der Waals surface area contributed by atoms with Crippen LogP contribution in [-0.4, -0.2) is 15.7 Å². The molecule has 2 aromatic rings. The van der Waals surface area contributed by atoms with Gasteiger partial charge in [0.05, 0.1) is 6.54 Å². The minimum absolute atomic E-state index is 0.293. The Morgan fingerprint density at radius 2 is 2.00 bits per heavy atom. The molecule has 4 heteroatoms. The van der Waals surface area contributed by atoms with E-state index in [-0.39, 0.29) is 0 Å². The number of hydrogen-bond acceptors (Lipinski definition) is 4. The molecule has 0 aliphatic heterocycles. The van der Waals surface area contributed by atoms with Gasteiger partial charge in [0, 0.05) is 11.1 Å². The first-order valence-corrected chi connectivity index (χ1v) is 5.88. The zero-order chi connectivity index (χ0) is 11.7. The van der Waals surface area contributed by atoms with Gasteiger partial charge in [-0.2, -0.15) is 0 Å². The van der Waals surface area contributed by atoms with Gasteiger partial charge in [-0.1, -0.05) is 18.2 Å².